The van der Waals surface area contributed by atoms with Crippen molar-refractivity contribution in [2.75, 3.05) is 20.2 Å². The lowest BCUT2D eigenvalue weighted by molar-refractivity contribution is -0.0416. The van der Waals surface area contributed by atoms with Gasteiger partial charge in [-0.25, -0.2) is 9.67 Å². The number of β-amino-alcohol motifs (C(OH)–C–C–N with tert-alkyl or cyclic N) is 1. The van der Waals surface area contributed by atoms with E-state index in [9.17, 15) is 5.11 Å². The summed E-state index contributed by atoms with van der Waals surface area (Å²) in [6.07, 6.45) is 5.19. The number of pyridine rings is 1. The minimum atomic E-state index is -0.958. The molecule has 3 rings (SSSR count). The number of rotatable bonds is 5. The van der Waals surface area contributed by atoms with Crippen LogP contribution in [0, 0.1) is 0 Å². The van der Waals surface area contributed by atoms with Gasteiger partial charge in [-0.1, -0.05) is 11.3 Å². The Morgan fingerprint density at radius 2 is 2.25 bits per heavy atom. The van der Waals surface area contributed by atoms with E-state index in [2.05, 4.69) is 20.2 Å². The Kier molecular flexibility index (Phi) is 4.82. The van der Waals surface area contributed by atoms with Crippen LogP contribution in [0.4, 0.5) is 0 Å². The second kappa shape index (κ2) is 6.86. The first-order valence-corrected chi connectivity index (χ1v) is 8.37. The Morgan fingerprint density at radius 1 is 1.42 bits per heavy atom. The Hall–Kier alpha value is -1.99. The number of hydrogen-bond acceptors (Lipinski definition) is 6. The molecule has 2 aromatic rings. The predicted octanol–water partition coefficient (Wildman–Crippen LogP) is 1.75. The third-order valence-electron chi connectivity index (χ3n) is 4.50. The third-order valence-corrected chi connectivity index (χ3v) is 4.50. The molecular weight excluding hydrogens is 306 g/mol. The molecule has 2 aromatic heterocycles. The molecule has 1 aliphatic rings. The summed E-state index contributed by atoms with van der Waals surface area (Å²) in [6.45, 7) is 6.24. The van der Waals surface area contributed by atoms with Crippen molar-refractivity contribution in [1.82, 2.24) is 24.9 Å². The summed E-state index contributed by atoms with van der Waals surface area (Å²) in [4.78, 5) is 6.46. The Morgan fingerprint density at radius 3 is 2.96 bits per heavy atom. The molecule has 0 aromatic carbocycles. The second-order valence-corrected chi connectivity index (χ2v) is 6.70. The molecule has 3 heterocycles. The van der Waals surface area contributed by atoms with Crippen LogP contribution >= 0.6 is 0 Å². The van der Waals surface area contributed by atoms with E-state index in [1.165, 1.54) is 0 Å². The quantitative estimate of drug-likeness (QED) is 0.899. The largest absolute Gasteiger partial charge is 0.481 e. The Balaban J connectivity index is 1.75. The first kappa shape index (κ1) is 16.9. The van der Waals surface area contributed by atoms with Crippen molar-refractivity contribution < 1.29 is 9.84 Å². The van der Waals surface area contributed by atoms with Crippen LogP contribution in [-0.2, 0) is 12.1 Å². The lowest BCUT2D eigenvalue weighted by Crippen LogP contribution is -2.46. The molecule has 0 amide bonds. The molecule has 0 radical (unpaired) electrons. The summed E-state index contributed by atoms with van der Waals surface area (Å²) in [5.74, 6) is 0.636. The molecule has 7 heteroatoms. The van der Waals surface area contributed by atoms with E-state index in [-0.39, 0.29) is 6.04 Å². The first-order valence-electron chi connectivity index (χ1n) is 8.37. The summed E-state index contributed by atoms with van der Waals surface area (Å²) < 4.78 is 7.12. The minimum absolute atomic E-state index is 0.231. The molecule has 1 saturated heterocycles. The molecule has 7 nitrogen and oxygen atoms in total. The normalized spacial score (nSPS) is 22.0. The lowest BCUT2D eigenvalue weighted by atomic mass is 9.90. The summed E-state index contributed by atoms with van der Waals surface area (Å²) in [6, 6.07) is 4.14. The van der Waals surface area contributed by atoms with Crippen molar-refractivity contribution in [2.24, 2.45) is 0 Å². The average molecular weight is 331 g/mol. The number of nitrogens with zero attached hydrogens (tertiary/aromatic N) is 5. The van der Waals surface area contributed by atoms with E-state index in [1.54, 1.807) is 18.0 Å². The molecule has 0 spiro atoms. The molecular formula is C17H25N5O2. The number of ether oxygens (including phenoxy) is 1. The zero-order chi connectivity index (χ0) is 17.2. The molecule has 1 atom stereocenters. The molecule has 0 unspecified atom stereocenters. The fourth-order valence-electron chi connectivity index (χ4n) is 3.18. The molecule has 1 aliphatic heterocycles. The highest BCUT2D eigenvalue weighted by Crippen LogP contribution is 2.31. The van der Waals surface area contributed by atoms with Crippen LogP contribution in [0.1, 0.15) is 44.0 Å². The lowest BCUT2D eigenvalue weighted by Gasteiger charge is -2.38. The number of aromatic nitrogens is 4. The van der Waals surface area contributed by atoms with Gasteiger partial charge in [0.25, 0.3) is 0 Å². The highest BCUT2D eigenvalue weighted by atomic mass is 16.5. The summed E-state index contributed by atoms with van der Waals surface area (Å²) in [5, 5.41) is 19.4. The Labute approximate surface area is 142 Å². The molecule has 0 aliphatic carbocycles. The number of hydrogen-bond donors (Lipinski definition) is 1. The Bertz CT molecular complexity index is 687. The fraction of sp³-hybridized carbons (Fsp3) is 0.588. The van der Waals surface area contributed by atoms with Crippen LogP contribution in [0.15, 0.2) is 24.5 Å². The average Bonchev–Trinajstić information content (AvgIpc) is 3.07. The van der Waals surface area contributed by atoms with Crippen LogP contribution in [0.5, 0.6) is 5.88 Å². The van der Waals surface area contributed by atoms with Gasteiger partial charge in [0, 0.05) is 30.9 Å². The summed E-state index contributed by atoms with van der Waals surface area (Å²) in [7, 11) is 1.63. The van der Waals surface area contributed by atoms with Crippen molar-refractivity contribution >= 4 is 0 Å². The van der Waals surface area contributed by atoms with E-state index in [4.69, 9.17) is 4.74 Å². The monoisotopic (exact) mass is 331 g/mol. The SMILES string of the molecule is COc1ncccc1CN1CCC[C@@](O)(c2cn(C(C)C)nn2)C1. The van der Waals surface area contributed by atoms with E-state index in [1.807, 2.05) is 32.2 Å². The topological polar surface area (TPSA) is 76.3 Å². The van der Waals surface area contributed by atoms with E-state index >= 15 is 0 Å². The molecule has 1 fully saturated rings. The van der Waals surface area contributed by atoms with Crippen molar-refractivity contribution in [3.05, 3.63) is 35.8 Å². The predicted molar refractivity (Wildman–Crippen MR) is 89.6 cm³/mol. The van der Waals surface area contributed by atoms with Crippen molar-refractivity contribution in [2.45, 2.75) is 44.9 Å². The van der Waals surface area contributed by atoms with Gasteiger partial charge >= 0.3 is 0 Å². The van der Waals surface area contributed by atoms with Gasteiger partial charge < -0.3 is 9.84 Å². The van der Waals surface area contributed by atoms with Gasteiger partial charge in [-0.3, -0.25) is 4.90 Å². The molecule has 130 valence electrons. The van der Waals surface area contributed by atoms with E-state index in [0.29, 0.717) is 31.1 Å². The maximum absolute atomic E-state index is 11.1. The van der Waals surface area contributed by atoms with E-state index in [0.717, 1.165) is 18.5 Å². The van der Waals surface area contributed by atoms with Gasteiger partial charge in [0.2, 0.25) is 5.88 Å². The molecule has 24 heavy (non-hydrogen) atoms. The van der Waals surface area contributed by atoms with Crippen LogP contribution < -0.4 is 4.74 Å². The molecule has 0 saturated carbocycles. The van der Waals surface area contributed by atoms with Crippen molar-refractivity contribution in [3.8, 4) is 5.88 Å². The zero-order valence-corrected chi connectivity index (χ0v) is 14.5. The molecule has 1 N–H and O–H groups in total. The van der Waals surface area contributed by atoms with Crippen LogP contribution in [0.25, 0.3) is 0 Å². The highest BCUT2D eigenvalue weighted by Gasteiger charge is 2.37. The van der Waals surface area contributed by atoms with Gasteiger partial charge in [0.1, 0.15) is 11.3 Å². The zero-order valence-electron chi connectivity index (χ0n) is 14.5. The summed E-state index contributed by atoms with van der Waals surface area (Å²) >= 11 is 0. The van der Waals surface area contributed by atoms with Crippen LogP contribution in [-0.4, -0.2) is 50.2 Å². The fourth-order valence-corrected chi connectivity index (χ4v) is 3.18. The van der Waals surface area contributed by atoms with Gasteiger partial charge in [0.05, 0.1) is 13.3 Å². The van der Waals surface area contributed by atoms with Crippen LogP contribution in [0.2, 0.25) is 0 Å². The minimum Gasteiger partial charge on any atom is -0.481 e. The van der Waals surface area contributed by atoms with E-state index < -0.39 is 5.60 Å². The third kappa shape index (κ3) is 3.42. The maximum atomic E-state index is 11.1. The first-order chi connectivity index (χ1) is 11.5. The van der Waals surface area contributed by atoms with Gasteiger partial charge in [0.15, 0.2) is 0 Å². The number of aliphatic hydroxyl groups is 1. The highest BCUT2D eigenvalue weighted by molar-refractivity contribution is 5.25. The molecule has 0 bridgehead atoms. The van der Waals surface area contributed by atoms with Crippen LogP contribution in [0.3, 0.4) is 0 Å². The smallest absolute Gasteiger partial charge is 0.217 e. The van der Waals surface area contributed by atoms with Gasteiger partial charge in [-0.15, -0.1) is 5.10 Å². The number of likely N-dealkylation sites (tertiary alicyclic amines) is 1. The van der Waals surface area contributed by atoms with Gasteiger partial charge in [-0.2, -0.15) is 0 Å². The van der Waals surface area contributed by atoms with Crippen molar-refractivity contribution in [1.29, 1.82) is 0 Å². The number of methoxy groups -OCH3 is 1. The van der Waals surface area contributed by atoms with Gasteiger partial charge in [-0.05, 0) is 39.3 Å². The maximum Gasteiger partial charge on any atom is 0.217 e. The second-order valence-electron chi connectivity index (χ2n) is 6.70. The van der Waals surface area contributed by atoms with Crippen molar-refractivity contribution in [3.63, 3.8) is 0 Å². The summed E-state index contributed by atoms with van der Waals surface area (Å²) in [5.41, 5.74) is 0.718. The number of piperidine rings is 1. The standard InChI is InChI=1S/C17H25N5O2/c1-13(2)22-11-15(19-20-22)17(23)7-5-9-21(12-17)10-14-6-4-8-18-16(14)24-3/h4,6,8,11,13,23H,5,7,9-10,12H2,1-3H3/t17-/m0/s1.